The summed E-state index contributed by atoms with van der Waals surface area (Å²) in [5.41, 5.74) is 1.41. The van der Waals surface area contributed by atoms with Crippen molar-refractivity contribution >= 4 is 0 Å². The molecule has 1 saturated carbocycles. The highest BCUT2D eigenvalue weighted by molar-refractivity contribution is 5.41. The predicted octanol–water partition coefficient (Wildman–Crippen LogP) is 2.02. The van der Waals surface area contributed by atoms with Crippen LogP contribution < -0.4 is 10.1 Å². The number of ether oxygens (including phenoxy) is 1. The highest BCUT2D eigenvalue weighted by atomic mass is 16.5. The summed E-state index contributed by atoms with van der Waals surface area (Å²) in [5.74, 6) is 3.19. The van der Waals surface area contributed by atoms with Gasteiger partial charge in [0.25, 0.3) is 0 Å². The molecule has 4 unspecified atom stereocenters. The van der Waals surface area contributed by atoms with Crippen molar-refractivity contribution < 1.29 is 4.74 Å². The molecule has 3 rings (SSSR count). The van der Waals surface area contributed by atoms with Crippen LogP contribution in [0, 0.1) is 11.8 Å². The van der Waals surface area contributed by atoms with Crippen LogP contribution in [-0.2, 0) is 0 Å². The van der Waals surface area contributed by atoms with E-state index < -0.39 is 0 Å². The monoisotopic (exact) mass is 203 g/mol. The van der Waals surface area contributed by atoms with Gasteiger partial charge in [0, 0.05) is 12.0 Å². The van der Waals surface area contributed by atoms with Gasteiger partial charge in [0.2, 0.25) is 0 Å². The lowest BCUT2D eigenvalue weighted by molar-refractivity contribution is 0.0246. The molecule has 1 fully saturated rings. The second-order valence-electron chi connectivity index (χ2n) is 4.71. The Morgan fingerprint density at radius 3 is 2.93 bits per heavy atom. The van der Waals surface area contributed by atoms with Gasteiger partial charge < -0.3 is 10.1 Å². The van der Waals surface area contributed by atoms with E-state index in [1.165, 1.54) is 5.56 Å². The van der Waals surface area contributed by atoms with Gasteiger partial charge >= 0.3 is 0 Å². The topological polar surface area (TPSA) is 21.3 Å². The lowest BCUT2D eigenvalue weighted by Crippen LogP contribution is -2.58. The van der Waals surface area contributed by atoms with Crippen molar-refractivity contribution in [3.05, 3.63) is 29.8 Å². The first-order chi connectivity index (χ1) is 7.33. The van der Waals surface area contributed by atoms with Crippen molar-refractivity contribution in [2.75, 3.05) is 13.7 Å². The van der Waals surface area contributed by atoms with E-state index in [-0.39, 0.29) is 0 Å². The molecule has 1 aromatic rings. The maximum atomic E-state index is 5.80. The van der Waals surface area contributed by atoms with Crippen molar-refractivity contribution in [3.63, 3.8) is 0 Å². The number of hydrogen-bond donors (Lipinski definition) is 1. The SMILES string of the molecule is CNC1C(C)C2c3ccccc3OCC12. The number of fused-ring (bicyclic) bond motifs is 3. The number of para-hydroxylation sites is 1. The maximum absolute atomic E-state index is 5.80. The van der Waals surface area contributed by atoms with Crippen LogP contribution in [0.4, 0.5) is 0 Å². The van der Waals surface area contributed by atoms with Crippen LogP contribution in [0.5, 0.6) is 5.75 Å². The molecule has 2 nitrogen and oxygen atoms in total. The average molecular weight is 203 g/mol. The first-order valence-corrected chi connectivity index (χ1v) is 5.72. The van der Waals surface area contributed by atoms with E-state index in [1.54, 1.807) is 0 Å². The van der Waals surface area contributed by atoms with Crippen molar-refractivity contribution in [2.45, 2.75) is 18.9 Å². The summed E-state index contributed by atoms with van der Waals surface area (Å²) in [4.78, 5) is 0. The fraction of sp³-hybridized carbons (Fsp3) is 0.538. The molecule has 1 heterocycles. The minimum absolute atomic E-state index is 0.628. The Morgan fingerprint density at radius 1 is 1.33 bits per heavy atom. The molecule has 15 heavy (non-hydrogen) atoms. The van der Waals surface area contributed by atoms with E-state index in [4.69, 9.17) is 4.74 Å². The van der Waals surface area contributed by atoms with Gasteiger partial charge in [0.1, 0.15) is 5.75 Å². The second-order valence-corrected chi connectivity index (χ2v) is 4.71. The molecule has 1 aliphatic carbocycles. The molecule has 0 saturated heterocycles. The molecular weight excluding hydrogens is 186 g/mol. The minimum Gasteiger partial charge on any atom is -0.493 e. The smallest absolute Gasteiger partial charge is 0.122 e. The Labute approximate surface area is 90.6 Å². The summed E-state index contributed by atoms with van der Waals surface area (Å²) in [7, 11) is 2.05. The van der Waals surface area contributed by atoms with Gasteiger partial charge in [0.05, 0.1) is 6.61 Å². The maximum Gasteiger partial charge on any atom is 0.122 e. The Hall–Kier alpha value is -1.02. The van der Waals surface area contributed by atoms with Gasteiger partial charge in [-0.15, -0.1) is 0 Å². The summed E-state index contributed by atoms with van der Waals surface area (Å²) in [6.07, 6.45) is 0. The van der Waals surface area contributed by atoms with E-state index in [0.29, 0.717) is 17.9 Å². The normalized spacial score (nSPS) is 37.2. The van der Waals surface area contributed by atoms with Crippen LogP contribution in [0.1, 0.15) is 18.4 Å². The second kappa shape index (κ2) is 3.24. The first-order valence-electron chi connectivity index (χ1n) is 5.72. The Morgan fingerprint density at radius 2 is 2.13 bits per heavy atom. The quantitative estimate of drug-likeness (QED) is 0.754. The predicted molar refractivity (Wildman–Crippen MR) is 60.2 cm³/mol. The third-order valence-corrected chi connectivity index (χ3v) is 4.10. The summed E-state index contributed by atoms with van der Waals surface area (Å²) in [6, 6.07) is 9.10. The van der Waals surface area contributed by atoms with Gasteiger partial charge in [-0.25, -0.2) is 0 Å². The number of nitrogens with one attached hydrogen (secondary N) is 1. The number of hydrogen-bond acceptors (Lipinski definition) is 2. The van der Waals surface area contributed by atoms with Crippen LogP contribution in [-0.4, -0.2) is 19.7 Å². The molecule has 1 aliphatic heterocycles. The van der Waals surface area contributed by atoms with E-state index in [1.807, 2.05) is 0 Å². The molecule has 4 atom stereocenters. The van der Waals surface area contributed by atoms with Gasteiger partial charge in [-0.2, -0.15) is 0 Å². The molecule has 0 bridgehead atoms. The third kappa shape index (κ3) is 1.14. The van der Waals surface area contributed by atoms with E-state index >= 15 is 0 Å². The number of rotatable bonds is 1. The molecule has 0 radical (unpaired) electrons. The summed E-state index contributed by atoms with van der Waals surface area (Å²) in [5, 5.41) is 3.40. The zero-order chi connectivity index (χ0) is 10.4. The van der Waals surface area contributed by atoms with Crippen molar-refractivity contribution in [1.82, 2.24) is 5.32 Å². The van der Waals surface area contributed by atoms with Crippen LogP contribution in [0.25, 0.3) is 0 Å². The van der Waals surface area contributed by atoms with Crippen molar-refractivity contribution in [2.24, 2.45) is 11.8 Å². The van der Waals surface area contributed by atoms with Gasteiger partial charge in [-0.1, -0.05) is 25.1 Å². The van der Waals surface area contributed by atoms with Crippen molar-refractivity contribution in [1.29, 1.82) is 0 Å². The molecule has 1 aromatic carbocycles. The molecule has 0 amide bonds. The molecule has 2 aliphatic rings. The van der Waals surface area contributed by atoms with Crippen LogP contribution in [0.15, 0.2) is 24.3 Å². The van der Waals surface area contributed by atoms with E-state index in [9.17, 15) is 0 Å². The average Bonchev–Trinajstić information content (AvgIpc) is 2.27. The first kappa shape index (κ1) is 9.22. The molecule has 1 N–H and O–H groups in total. The fourth-order valence-electron chi connectivity index (χ4n) is 3.35. The summed E-state index contributed by atoms with van der Waals surface area (Å²) < 4.78 is 5.80. The molecular formula is C13H17NO. The molecule has 2 heteroatoms. The lowest BCUT2D eigenvalue weighted by Gasteiger charge is -2.53. The van der Waals surface area contributed by atoms with Crippen LogP contribution in [0.3, 0.4) is 0 Å². The summed E-state index contributed by atoms with van der Waals surface area (Å²) >= 11 is 0. The zero-order valence-corrected chi connectivity index (χ0v) is 9.23. The Kier molecular flexibility index (Phi) is 1.99. The van der Waals surface area contributed by atoms with Gasteiger partial charge in [-0.05, 0) is 30.5 Å². The Balaban J connectivity index is 1.96. The van der Waals surface area contributed by atoms with Gasteiger partial charge in [-0.3, -0.25) is 0 Å². The minimum atomic E-state index is 0.628. The van der Waals surface area contributed by atoms with Crippen LogP contribution in [0.2, 0.25) is 0 Å². The highest BCUT2D eigenvalue weighted by Gasteiger charge is 2.50. The lowest BCUT2D eigenvalue weighted by atomic mass is 9.58. The number of benzene rings is 1. The molecule has 0 spiro atoms. The largest absolute Gasteiger partial charge is 0.493 e. The molecule has 0 aromatic heterocycles. The van der Waals surface area contributed by atoms with E-state index in [0.717, 1.165) is 18.3 Å². The van der Waals surface area contributed by atoms with E-state index in [2.05, 4.69) is 43.6 Å². The van der Waals surface area contributed by atoms with Crippen LogP contribution >= 0.6 is 0 Å². The van der Waals surface area contributed by atoms with Gasteiger partial charge in [0.15, 0.2) is 0 Å². The Bertz CT molecular complexity index is 377. The molecule has 80 valence electrons. The van der Waals surface area contributed by atoms with Crippen molar-refractivity contribution in [3.8, 4) is 5.75 Å². The highest BCUT2D eigenvalue weighted by Crippen LogP contribution is 2.52. The standard InChI is InChI=1S/C13H17NO/c1-8-12-9-5-3-4-6-11(9)15-7-10(12)13(8)14-2/h3-6,8,10,12-14H,7H2,1-2H3. The third-order valence-electron chi connectivity index (χ3n) is 4.10. The fourth-order valence-corrected chi connectivity index (χ4v) is 3.35. The zero-order valence-electron chi connectivity index (χ0n) is 9.23. The summed E-state index contributed by atoms with van der Waals surface area (Å²) in [6.45, 7) is 3.21.